The third kappa shape index (κ3) is 4.59. The maximum Gasteiger partial charge on any atom is 0.269 e. The molecule has 0 radical (unpaired) electrons. The minimum absolute atomic E-state index is 0.0370. The van der Waals surface area contributed by atoms with Gasteiger partial charge in [-0.2, -0.15) is 4.72 Å². The van der Waals surface area contributed by atoms with Crippen LogP contribution in [0.2, 0.25) is 0 Å². The van der Waals surface area contributed by atoms with Crippen molar-refractivity contribution in [3.63, 3.8) is 0 Å². The van der Waals surface area contributed by atoms with Crippen molar-refractivity contribution in [2.24, 2.45) is 0 Å². The molecule has 0 fully saturated rings. The number of benzene rings is 2. The van der Waals surface area contributed by atoms with Crippen molar-refractivity contribution in [3.05, 3.63) is 54.1 Å². The van der Waals surface area contributed by atoms with Crippen molar-refractivity contribution in [1.82, 2.24) is 15.6 Å². The van der Waals surface area contributed by atoms with E-state index in [0.29, 0.717) is 24.7 Å². The SMILES string of the molecule is C[C@H](NS(=O)(=O)c1ccccc1)C(=O)NNC(=O)c1ccc2c(c1)OCCO2. The van der Waals surface area contributed by atoms with Gasteiger partial charge in [-0.25, -0.2) is 8.42 Å². The van der Waals surface area contributed by atoms with E-state index in [1.807, 2.05) is 0 Å². The summed E-state index contributed by atoms with van der Waals surface area (Å²) in [4.78, 5) is 24.4. The molecule has 10 heteroatoms. The molecule has 2 aromatic rings. The highest BCUT2D eigenvalue weighted by Crippen LogP contribution is 2.30. The topological polar surface area (TPSA) is 123 Å². The zero-order valence-corrected chi connectivity index (χ0v) is 15.8. The van der Waals surface area contributed by atoms with Gasteiger partial charge in [0.05, 0.1) is 10.9 Å². The van der Waals surface area contributed by atoms with Gasteiger partial charge in [-0.15, -0.1) is 0 Å². The summed E-state index contributed by atoms with van der Waals surface area (Å²) in [6.45, 7) is 2.19. The van der Waals surface area contributed by atoms with Crippen LogP contribution in [0.1, 0.15) is 17.3 Å². The van der Waals surface area contributed by atoms with E-state index in [4.69, 9.17) is 9.47 Å². The molecule has 9 nitrogen and oxygen atoms in total. The normalized spacial score (nSPS) is 14.0. The predicted octanol–water partition coefficient (Wildman–Crippen LogP) is 0.586. The zero-order valence-electron chi connectivity index (χ0n) is 15.0. The molecular formula is C18H19N3O6S. The Morgan fingerprint density at radius 2 is 1.64 bits per heavy atom. The van der Waals surface area contributed by atoms with Gasteiger partial charge in [-0.3, -0.25) is 20.4 Å². The summed E-state index contributed by atoms with van der Waals surface area (Å²) < 4.78 is 37.5. The van der Waals surface area contributed by atoms with Crippen LogP contribution in [-0.2, 0) is 14.8 Å². The van der Waals surface area contributed by atoms with Crippen LogP contribution in [0.15, 0.2) is 53.4 Å². The fraction of sp³-hybridized carbons (Fsp3) is 0.222. The van der Waals surface area contributed by atoms with E-state index in [9.17, 15) is 18.0 Å². The van der Waals surface area contributed by atoms with Crippen molar-refractivity contribution < 1.29 is 27.5 Å². The molecule has 148 valence electrons. The van der Waals surface area contributed by atoms with Gasteiger partial charge in [0.1, 0.15) is 13.2 Å². The Bertz CT molecular complexity index is 978. The Hall–Kier alpha value is -3.11. The molecule has 0 spiro atoms. The molecule has 1 aliphatic heterocycles. The van der Waals surface area contributed by atoms with Crippen molar-refractivity contribution in [2.45, 2.75) is 17.9 Å². The standard InChI is InChI=1S/C18H19N3O6S/c1-12(21-28(24,25)14-5-3-2-4-6-14)17(22)19-20-18(23)13-7-8-15-16(11-13)27-10-9-26-15/h2-8,11-12,21H,9-10H2,1H3,(H,19,22)(H,20,23)/t12-/m0/s1. The molecule has 3 rings (SSSR count). The number of sulfonamides is 1. The number of nitrogens with one attached hydrogen (secondary N) is 3. The number of hydrogen-bond donors (Lipinski definition) is 3. The average Bonchev–Trinajstić information content (AvgIpc) is 2.71. The van der Waals surface area contributed by atoms with E-state index in [2.05, 4.69) is 15.6 Å². The van der Waals surface area contributed by atoms with E-state index in [-0.39, 0.29) is 10.5 Å². The molecule has 3 N–H and O–H groups in total. The third-order valence-electron chi connectivity index (χ3n) is 3.88. The first-order chi connectivity index (χ1) is 13.4. The number of carbonyl (C=O) groups is 2. The maximum absolute atomic E-state index is 12.2. The van der Waals surface area contributed by atoms with Crippen molar-refractivity contribution in [3.8, 4) is 11.5 Å². The molecule has 0 saturated carbocycles. The average molecular weight is 405 g/mol. The lowest BCUT2D eigenvalue weighted by Crippen LogP contribution is -2.51. The predicted molar refractivity (Wildman–Crippen MR) is 99.3 cm³/mol. The fourth-order valence-corrected chi connectivity index (χ4v) is 3.66. The van der Waals surface area contributed by atoms with Crippen LogP contribution < -0.4 is 25.0 Å². The number of amides is 2. The van der Waals surface area contributed by atoms with Crippen LogP contribution in [-0.4, -0.2) is 39.5 Å². The quantitative estimate of drug-likeness (QED) is 0.626. The summed E-state index contributed by atoms with van der Waals surface area (Å²) in [6, 6.07) is 11.2. The van der Waals surface area contributed by atoms with E-state index < -0.39 is 27.9 Å². The summed E-state index contributed by atoms with van der Waals surface area (Å²) in [6.07, 6.45) is 0. The van der Waals surface area contributed by atoms with Crippen molar-refractivity contribution in [1.29, 1.82) is 0 Å². The highest BCUT2D eigenvalue weighted by atomic mass is 32.2. The summed E-state index contributed by atoms with van der Waals surface area (Å²) in [7, 11) is -3.86. The van der Waals surface area contributed by atoms with E-state index in [0.717, 1.165) is 0 Å². The van der Waals surface area contributed by atoms with Crippen LogP contribution >= 0.6 is 0 Å². The Morgan fingerprint density at radius 1 is 0.964 bits per heavy atom. The van der Waals surface area contributed by atoms with Crippen LogP contribution in [0.4, 0.5) is 0 Å². The number of rotatable bonds is 5. The van der Waals surface area contributed by atoms with E-state index in [1.165, 1.54) is 31.2 Å². The highest BCUT2D eigenvalue weighted by molar-refractivity contribution is 7.89. The van der Waals surface area contributed by atoms with Gasteiger partial charge in [0, 0.05) is 5.56 Å². The van der Waals surface area contributed by atoms with Gasteiger partial charge in [0.2, 0.25) is 10.0 Å². The van der Waals surface area contributed by atoms with Gasteiger partial charge >= 0.3 is 0 Å². The van der Waals surface area contributed by atoms with Crippen LogP contribution in [0.25, 0.3) is 0 Å². The molecule has 1 atom stereocenters. The Kier molecular flexibility index (Phi) is 5.81. The van der Waals surface area contributed by atoms with Gasteiger partial charge in [-0.05, 0) is 37.3 Å². The monoisotopic (exact) mass is 405 g/mol. The molecule has 28 heavy (non-hydrogen) atoms. The molecule has 2 aromatic carbocycles. The first-order valence-corrected chi connectivity index (χ1v) is 9.92. The first-order valence-electron chi connectivity index (χ1n) is 8.44. The number of ether oxygens (including phenoxy) is 2. The van der Waals surface area contributed by atoms with E-state index >= 15 is 0 Å². The smallest absolute Gasteiger partial charge is 0.269 e. The van der Waals surface area contributed by atoms with Gasteiger partial charge < -0.3 is 9.47 Å². The van der Waals surface area contributed by atoms with Crippen LogP contribution in [0.5, 0.6) is 11.5 Å². The minimum atomic E-state index is -3.86. The molecule has 0 aromatic heterocycles. The molecule has 0 bridgehead atoms. The van der Waals surface area contributed by atoms with Crippen molar-refractivity contribution >= 4 is 21.8 Å². The molecule has 2 amide bonds. The largest absolute Gasteiger partial charge is 0.486 e. The first kappa shape index (κ1) is 19.6. The van der Waals surface area contributed by atoms with Crippen molar-refractivity contribution in [2.75, 3.05) is 13.2 Å². The fourth-order valence-electron chi connectivity index (χ4n) is 2.44. The minimum Gasteiger partial charge on any atom is -0.486 e. The molecule has 0 unspecified atom stereocenters. The van der Waals surface area contributed by atoms with Crippen LogP contribution in [0.3, 0.4) is 0 Å². The molecule has 0 aliphatic carbocycles. The number of hydrogen-bond acceptors (Lipinski definition) is 6. The van der Waals surface area contributed by atoms with Gasteiger partial charge in [0.25, 0.3) is 11.8 Å². The summed E-state index contributed by atoms with van der Waals surface area (Å²) in [5, 5.41) is 0. The zero-order chi connectivity index (χ0) is 20.1. The lowest BCUT2D eigenvalue weighted by atomic mass is 10.2. The van der Waals surface area contributed by atoms with Gasteiger partial charge in [0.15, 0.2) is 11.5 Å². The number of carbonyl (C=O) groups excluding carboxylic acids is 2. The van der Waals surface area contributed by atoms with E-state index in [1.54, 1.807) is 24.3 Å². The molecule has 0 saturated heterocycles. The van der Waals surface area contributed by atoms with Gasteiger partial charge in [-0.1, -0.05) is 18.2 Å². The Labute approximate surface area is 162 Å². The third-order valence-corrected chi connectivity index (χ3v) is 5.44. The number of hydrazine groups is 1. The second-order valence-corrected chi connectivity index (χ2v) is 7.67. The second-order valence-electron chi connectivity index (χ2n) is 5.96. The lowest BCUT2D eigenvalue weighted by molar-refractivity contribution is -0.123. The Balaban J connectivity index is 1.57. The molecular weight excluding hydrogens is 386 g/mol. The highest BCUT2D eigenvalue weighted by Gasteiger charge is 2.22. The lowest BCUT2D eigenvalue weighted by Gasteiger charge is -2.19. The molecule has 1 aliphatic rings. The second kappa shape index (κ2) is 8.28. The molecule has 1 heterocycles. The summed E-state index contributed by atoms with van der Waals surface area (Å²) >= 11 is 0. The Morgan fingerprint density at radius 3 is 2.36 bits per heavy atom. The number of fused-ring (bicyclic) bond motifs is 1. The van der Waals surface area contributed by atoms with Crippen LogP contribution in [0, 0.1) is 0 Å². The maximum atomic E-state index is 12.2. The summed E-state index contributed by atoms with van der Waals surface area (Å²) in [5.74, 6) is -0.321. The summed E-state index contributed by atoms with van der Waals surface area (Å²) in [5.41, 5.74) is 4.69.